The average Bonchev–Trinajstić information content (AvgIpc) is 2.83. The van der Waals surface area contributed by atoms with Gasteiger partial charge in [0.15, 0.2) is 6.29 Å². The van der Waals surface area contributed by atoms with Crippen molar-refractivity contribution < 1.29 is 9.18 Å². The lowest BCUT2D eigenvalue weighted by molar-refractivity contribution is 0.111. The minimum Gasteiger partial charge on any atom is -0.306 e. The molecule has 0 amide bonds. The van der Waals surface area contributed by atoms with E-state index in [1.54, 1.807) is 29.7 Å². The summed E-state index contributed by atoms with van der Waals surface area (Å²) in [5.41, 5.74) is 3.60. The van der Waals surface area contributed by atoms with Crippen molar-refractivity contribution in [1.82, 2.24) is 9.38 Å². The van der Waals surface area contributed by atoms with E-state index in [9.17, 15) is 9.18 Å². The molecular formula is C15H11FN2O. The topological polar surface area (TPSA) is 34.4 Å². The third kappa shape index (κ3) is 2.01. The standard InChI is InChI=1S/C15H11FN2O/c1-10-6-11(2-4-14(10)16)12-3-5-15-17-13(9-19)8-18(15)7-12/h2-9H,1H3. The molecule has 2 heterocycles. The molecule has 1 aromatic carbocycles. The molecule has 3 nitrogen and oxygen atoms in total. The predicted octanol–water partition coefficient (Wildman–Crippen LogP) is 3.26. The molecule has 0 saturated carbocycles. The molecule has 3 aromatic rings. The Balaban J connectivity index is 2.13. The number of imidazole rings is 1. The monoisotopic (exact) mass is 254 g/mol. The van der Waals surface area contributed by atoms with Gasteiger partial charge in [0.1, 0.15) is 17.2 Å². The van der Waals surface area contributed by atoms with Gasteiger partial charge >= 0.3 is 0 Å². The molecule has 0 fully saturated rings. The highest BCUT2D eigenvalue weighted by molar-refractivity contribution is 5.74. The van der Waals surface area contributed by atoms with Crippen LogP contribution in [-0.4, -0.2) is 15.7 Å². The van der Waals surface area contributed by atoms with Crippen molar-refractivity contribution in [1.29, 1.82) is 0 Å². The lowest BCUT2D eigenvalue weighted by atomic mass is 10.1. The van der Waals surface area contributed by atoms with Crippen LogP contribution in [0.25, 0.3) is 16.8 Å². The van der Waals surface area contributed by atoms with Crippen molar-refractivity contribution in [3.8, 4) is 11.1 Å². The number of aldehydes is 1. The van der Waals surface area contributed by atoms with Gasteiger partial charge < -0.3 is 4.40 Å². The minimum absolute atomic E-state index is 0.212. The first-order chi connectivity index (χ1) is 9.17. The smallest absolute Gasteiger partial charge is 0.170 e. The van der Waals surface area contributed by atoms with E-state index in [0.29, 0.717) is 23.2 Å². The van der Waals surface area contributed by atoms with Gasteiger partial charge in [0, 0.05) is 12.4 Å². The molecule has 0 aliphatic carbocycles. The van der Waals surface area contributed by atoms with Crippen LogP contribution < -0.4 is 0 Å². The Bertz CT molecular complexity index is 777. The maximum atomic E-state index is 13.3. The van der Waals surface area contributed by atoms with Crippen molar-refractivity contribution in [2.24, 2.45) is 0 Å². The van der Waals surface area contributed by atoms with Gasteiger partial charge in [-0.15, -0.1) is 0 Å². The molecule has 0 aliphatic heterocycles. The van der Waals surface area contributed by atoms with Crippen molar-refractivity contribution in [2.75, 3.05) is 0 Å². The number of pyridine rings is 1. The maximum Gasteiger partial charge on any atom is 0.170 e. The van der Waals surface area contributed by atoms with E-state index in [4.69, 9.17) is 0 Å². The summed E-state index contributed by atoms with van der Waals surface area (Å²) in [4.78, 5) is 14.8. The first kappa shape index (κ1) is 11.6. The van der Waals surface area contributed by atoms with Gasteiger partial charge in [-0.25, -0.2) is 9.37 Å². The molecule has 0 bridgehead atoms. The molecule has 94 valence electrons. The van der Waals surface area contributed by atoms with Crippen LogP contribution in [0.4, 0.5) is 4.39 Å². The maximum absolute atomic E-state index is 13.3. The van der Waals surface area contributed by atoms with Gasteiger partial charge in [-0.1, -0.05) is 6.07 Å². The van der Waals surface area contributed by atoms with Crippen molar-refractivity contribution in [2.45, 2.75) is 6.92 Å². The fraction of sp³-hybridized carbons (Fsp3) is 0.0667. The van der Waals surface area contributed by atoms with Crippen LogP contribution in [0, 0.1) is 12.7 Å². The Morgan fingerprint density at radius 2 is 1.95 bits per heavy atom. The van der Waals surface area contributed by atoms with E-state index in [0.717, 1.165) is 11.1 Å². The zero-order valence-electron chi connectivity index (χ0n) is 10.3. The van der Waals surface area contributed by atoms with E-state index in [-0.39, 0.29) is 5.82 Å². The number of fused-ring (bicyclic) bond motifs is 1. The van der Waals surface area contributed by atoms with Crippen LogP contribution in [0.1, 0.15) is 16.1 Å². The number of hydrogen-bond donors (Lipinski definition) is 0. The number of rotatable bonds is 2. The Morgan fingerprint density at radius 3 is 2.68 bits per heavy atom. The Morgan fingerprint density at radius 1 is 1.16 bits per heavy atom. The van der Waals surface area contributed by atoms with Crippen LogP contribution in [-0.2, 0) is 0 Å². The highest BCUT2D eigenvalue weighted by Crippen LogP contribution is 2.22. The van der Waals surface area contributed by atoms with E-state index in [1.165, 1.54) is 6.07 Å². The molecule has 19 heavy (non-hydrogen) atoms. The zero-order chi connectivity index (χ0) is 13.4. The number of hydrogen-bond acceptors (Lipinski definition) is 2. The second kappa shape index (κ2) is 4.31. The van der Waals surface area contributed by atoms with Gasteiger partial charge in [0.2, 0.25) is 0 Å². The minimum atomic E-state index is -0.212. The van der Waals surface area contributed by atoms with Gasteiger partial charge in [-0.2, -0.15) is 0 Å². The fourth-order valence-corrected chi connectivity index (χ4v) is 2.06. The summed E-state index contributed by atoms with van der Waals surface area (Å²) in [7, 11) is 0. The first-order valence-electron chi connectivity index (χ1n) is 5.88. The molecule has 3 rings (SSSR count). The van der Waals surface area contributed by atoms with E-state index >= 15 is 0 Å². The van der Waals surface area contributed by atoms with Gasteiger partial charge in [-0.3, -0.25) is 4.79 Å². The highest BCUT2D eigenvalue weighted by atomic mass is 19.1. The molecule has 0 atom stereocenters. The van der Waals surface area contributed by atoms with Crippen LogP contribution in [0.15, 0.2) is 42.7 Å². The summed E-state index contributed by atoms with van der Waals surface area (Å²) in [6, 6.07) is 8.74. The molecule has 2 aromatic heterocycles. The third-order valence-electron chi connectivity index (χ3n) is 3.08. The summed E-state index contributed by atoms with van der Waals surface area (Å²) < 4.78 is 15.1. The molecule has 0 N–H and O–H groups in total. The van der Waals surface area contributed by atoms with Crippen molar-refractivity contribution in [3.63, 3.8) is 0 Å². The number of aromatic nitrogens is 2. The van der Waals surface area contributed by atoms with E-state index in [2.05, 4.69) is 4.98 Å². The number of carbonyl (C=O) groups excluding carboxylic acids is 1. The molecule has 0 spiro atoms. The van der Waals surface area contributed by atoms with Crippen LogP contribution >= 0.6 is 0 Å². The summed E-state index contributed by atoms with van der Waals surface area (Å²) in [5.74, 6) is -0.212. The quantitative estimate of drug-likeness (QED) is 0.658. The number of halogens is 1. The summed E-state index contributed by atoms with van der Waals surface area (Å²) in [6.45, 7) is 1.74. The molecule has 0 aliphatic rings. The van der Waals surface area contributed by atoms with Gasteiger partial charge in [0.25, 0.3) is 0 Å². The number of benzene rings is 1. The zero-order valence-corrected chi connectivity index (χ0v) is 10.3. The second-order valence-electron chi connectivity index (χ2n) is 4.43. The summed E-state index contributed by atoms with van der Waals surface area (Å²) >= 11 is 0. The highest BCUT2D eigenvalue weighted by Gasteiger charge is 2.05. The van der Waals surface area contributed by atoms with Crippen LogP contribution in [0.5, 0.6) is 0 Å². The SMILES string of the molecule is Cc1cc(-c2ccc3nc(C=O)cn3c2)ccc1F. The lowest BCUT2D eigenvalue weighted by Crippen LogP contribution is -1.88. The molecule has 0 unspecified atom stereocenters. The van der Waals surface area contributed by atoms with Crippen molar-refractivity contribution >= 4 is 11.9 Å². The third-order valence-corrected chi connectivity index (χ3v) is 3.08. The Hall–Kier alpha value is -2.49. The summed E-state index contributed by atoms with van der Waals surface area (Å²) in [5, 5.41) is 0. The van der Waals surface area contributed by atoms with Crippen LogP contribution in [0.2, 0.25) is 0 Å². The molecule has 0 saturated heterocycles. The lowest BCUT2D eigenvalue weighted by Gasteiger charge is -2.04. The largest absolute Gasteiger partial charge is 0.306 e. The average molecular weight is 254 g/mol. The molecular weight excluding hydrogens is 243 g/mol. The second-order valence-corrected chi connectivity index (χ2v) is 4.43. The molecule has 0 radical (unpaired) electrons. The predicted molar refractivity (Wildman–Crippen MR) is 70.7 cm³/mol. The van der Waals surface area contributed by atoms with Crippen LogP contribution in [0.3, 0.4) is 0 Å². The van der Waals surface area contributed by atoms with Gasteiger partial charge in [-0.05, 0) is 47.9 Å². The summed E-state index contributed by atoms with van der Waals surface area (Å²) in [6.07, 6.45) is 4.26. The fourth-order valence-electron chi connectivity index (χ4n) is 2.06. The Kier molecular flexibility index (Phi) is 2.63. The molecule has 4 heteroatoms. The number of nitrogens with zero attached hydrogens (tertiary/aromatic N) is 2. The first-order valence-corrected chi connectivity index (χ1v) is 5.88. The van der Waals surface area contributed by atoms with Gasteiger partial charge in [0.05, 0.1) is 0 Å². The normalized spacial score (nSPS) is 10.8. The number of carbonyl (C=O) groups is 1. The van der Waals surface area contributed by atoms with Crippen molar-refractivity contribution in [3.05, 3.63) is 59.8 Å². The van der Waals surface area contributed by atoms with E-state index in [1.807, 2.05) is 18.3 Å². The Labute approximate surface area is 109 Å². The number of aryl methyl sites for hydroxylation is 1. The van der Waals surface area contributed by atoms with E-state index < -0.39 is 0 Å².